The average Bonchev–Trinajstić information content (AvgIpc) is 3.27. The highest BCUT2D eigenvalue weighted by molar-refractivity contribution is 7.17. The lowest BCUT2D eigenvalue weighted by Gasteiger charge is -2.07. The Kier molecular flexibility index (Phi) is 3.08. The molecule has 5 rings (SSSR count). The highest BCUT2D eigenvalue weighted by Gasteiger charge is 2.24. The Morgan fingerprint density at radius 1 is 0.920 bits per heavy atom. The van der Waals surface area contributed by atoms with Crippen LogP contribution in [0, 0.1) is 0 Å². The standard InChI is InChI=1S/C20H13N3OS/c24-20-16-17(13-7-3-1-4-8-13)21-15-11-12-25-19(15)18(16)22-23(20)14-9-5-2-6-10-14/h1-12,21H. The average molecular weight is 343 g/mol. The van der Waals surface area contributed by atoms with Crippen LogP contribution in [-0.2, 0) is 0 Å². The number of thiophene rings is 1. The SMILES string of the molecule is O=c1c2c(-c3ccccc3)[nH]c3ccsc3c-2nn1-c1ccccc1. The topological polar surface area (TPSA) is 50.7 Å². The first-order valence-corrected chi connectivity index (χ1v) is 8.84. The number of rotatable bonds is 2. The second-order valence-electron chi connectivity index (χ2n) is 5.81. The summed E-state index contributed by atoms with van der Waals surface area (Å²) in [6.45, 7) is 0. The van der Waals surface area contributed by atoms with Gasteiger partial charge in [-0.3, -0.25) is 4.79 Å². The van der Waals surface area contributed by atoms with Gasteiger partial charge in [-0.2, -0.15) is 9.78 Å². The Labute approximate surface area is 147 Å². The number of benzene rings is 2. The lowest BCUT2D eigenvalue weighted by Crippen LogP contribution is -2.15. The second kappa shape index (κ2) is 5.43. The molecule has 0 fully saturated rings. The largest absolute Gasteiger partial charge is 0.353 e. The van der Waals surface area contributed by atoms with Crippen molar-refractivity contribution in [1.29, 1.82) is 0 Å². The monoisotopic (exact) mass is 343 g/mol. The fourth-order valence-electron chi connectivity index (χ4n) is 3.14. The molecule has 120 valence electrons. The Bertz CT molecular complexity index is 1200. The number of nitrogens with zero attached hydrogens (tertiary/aromatic N) is 2. The molecule has 0 aliphatic carbocycles. The van der Waals surface area contributed by atoms with E-state index in [1.165, 1.54) is 4.68 Å². The molecule has 5 heteroatoms. The Morgan fingerprint density at radius 2 is 1.64 bits per heavy atom. The summed E-state index contributed by atoms with van der Waals surface area (Å²) in [5.74, 6) is 0. The van der Waals surface area contributed by atoms with E-state index in [4.69, 9.17) is 0 Å². The zero-order chi connectivity index (χ0) is 16.8. The van der Waals surface area contributed by atoms with Gasteiger partial charge in [0.25, 0.3) is 5.56 Å². The van der Waals surface area contributed by atoms with E-state index in [0.29, 0.717) is 5.56 Å². The van der Waals surface area contributed by atoms with E-state index in [9.17, 15) is 4.79 Å². The van der Waals surface area contributed by atoms with Crippen LogP contribution in [0.2, 0.25) is 0 Å². The molecule has 0 saturated carbocycles. The van der Waals surface area contributed by atoms with Crippen LogP contribution in [0.3, 0.4) is 0 Å². The van der Waals surface area contributed by atoms with Crippen molar-refractivity contribution < 1.29 is 0 Å². The zero-order valence-corrected chi connectivity index (χ0v) is 14.0. The number of H-pyrrole nitrogens is 1. The third-order valence-corrected chi connectivity index (χ3v) is 5.22. The summed E-state index contributed by atoms with van der Waals surface area (Å²) in [7, 11) is 0. The molecular weight excluding hydrogens is 330 g/mol. The van der Waals surface area contributed by atoms with E-state index in [1.54, 1.807) is 11.3 Å². The van der Waals surface area contributed by atoms with Crippen LogP contribution in [0.25, 0.3) is 38.4 Å². The van der Waals surface area contributed by atoms with Crippen molar-refractivity contribution >= 4 is 21.6 Å². The zero-order valence-electron chi connectivity index (χ0n) is 13.1. The van der Waals surface area contributed by atoms with Gasteiger partial charge in [0.05, 0.1) is 27.2 Å². The summed E-state index contributed by atoms with van der Waals surface area (Å²) in [6, 6.07) is 21.5. The van der Waals surface area contributed by atoms with E-state index < -0.39 is 0 Å². The molecule has 3 aromatic rings. The number of hydrogen-bond acceptors (Lipinski definition) is 3. The third kappa shape index (κ3) is 2.13. The Morgan fingerprint density at radius 3 is 2.40 bits per heavy atom. The Hall–Kier alpha value is -3.18. The van der Waals surface area contributed by atoms with Crippen molar-refractivity contribution in [3.8, 4) is 28.2 Å². The minimum absolute atomic E-state index is 0.105. The highest BCUT2D eigenvalue weighted by atomic mass is 32.1. The third-order valence-electron chi connectivity index (χ3n) is 4.30. The van der Waals surface area contributed by atoms with E-state index in [0.717, 1.165) is 32.9 Å². The minimum Gasteiger partial charge on any atom is -0.353 e. The van der Waals surface area contributed by atoms with Crippen LogP contribution in [-0.4, -0.2) is 14.8 Å². The first-order valence-electron chi connectivity index (χ1n) is 7.96. The second-order valence-corrected chi connectivity index (χ2v) is 6.72. The molecule has 2 aliphatic rings. The number of fused-ring (bicyclic) bond motifs is 3. The molecule has 0 unspecified atom stereocenters. The van der Waals surface area contributed by atoms with Crippen LogP contribution in [0.5, 0.6) is 0 Å². The number of aromatic nitrogens is 3. The maximum absolute atomic E-state index is 13.2. The molecule has 1 N–H and O–H groups in total. The van der Waals surface area contributed by atoms with Crippen LogP contribution in [0.15, 0.2) is 76.9 Å². The smallest absolute Gasteiger partial charge is 0.283 e. The quantitative estimate of drug-likeness (QED) is 0.511. The van der Waals surface area contributed by atoms with Crippen molar-refractivity contribution in [2.24, 2.45) is 0 Å². The summed E-state index contributed by atoms with van der Waals surface area (Å²) in [6.07, 6.45) is 0. The van der Waals surface area contributed by atoms with E-state index >= 15 is 0 Å². The summed E-state index contributed by atoms with van der Waals surface area (Å²) in [5, 5.41) is 6.68. The van der Waals surface area contributed by atoms with Crippen LogP contribution >= 0.6 is 11.3 Å². The van der Waals surface area contributed by atoms with Gasteiger partial charge in [0.1, 0.15) is 5.69 Å². The van der Waals surface area contributed by atoms with Gasteiger partial charge in [0, 0.05) is 0 Å². The number of aromatic amines is 1. The van der Waals surface area contributed by atoms with Gasteiger partial charge in [0.2, 0.25) is 0 Å². The van der Waals surface area contributed by atoms with Crippen LogP contribution in [0.1, 0.15) is 0 Å². The maximum atomic E-state index is 13.2. The maximum Gasteiger partial charge on any atom is 0.283 e. The van der Waals surface area contributed by atoms with E-state index in [2.05, 4.69) is 10.1 Å². The molecule has 4 nitrogen and oxygen atoms in total. The summed E-state index contributed by atoms with van der Waals surface area (Å²) in [5.41, 5.74) is 4.83. The van der Waals surface area contributed by atoms with Crippen molar-refractivity contribution in [3.63, 3.8) is 0 Å². The van der Waals surface area contributed by atoms with Crippen molar-refractivity contribution in [2.45, 2.75) is 0 Å². The van der Waals surface area contributed by atoms with Crippen molar-refractivity contribution in [3.05, 3.63) is 82.5 Å². The molecule has 0 saturated heterocycles. The minimum atomic E-state index is -0.105. The fourth-order valence-corrected chi connectivity index (χ4v) is 3.98. The first kappa shape index (κ1) is 14.2. The summed E-state index contributed by atoms with van der Waals surface area (Å²) >= 11 is 1.59. The molecule has 25 heavy (non-hydrogen) atoms. The molecule has 0 radical (unpaired) electrons. The number of hydrogen-bond donors (Lipinski definition) is 1. The van der Waals surface area contributed by atoms with Crippen LogP contribution in [0.4, 0.5) is 0 Å². The molecule has 0 bridgehead atoms. The van der Waals surface area contributed by atoms with Gasteiger partial charge >= 0.3 is 0 Å². The molecule has 0 atom stereocenters. The summed E-state index contributed by atoms with van der Waals surface area (Å²) < 4.78 is 2.49. The number of pyridine rings is 1. The predicted molar refractivity (Wildman–Crippen MR) is 102 cm³/mol. The Balaban J connectivity index is 1.92. The lowest BCUT2D eigenvalue weighted by atomic mass is 10.0. The number of para-hydroxylation sites is 1. The molecule has 3 heterocycles. The van der Waals surface area contributed by atoms with Crippen molar-refractivity contribution in [1.82, 2.24) is 14.8 Å². The predicted octanol–water partition coefficient (Wildman–Crippen LogP) is 4.55. The first-order chi connectivity index (χ1) is 12.3. The van der Waals surface area contributed by atoms with Crippen LogP contribution < -0.4 is 5.56 Å². The van der Waals surface area contributed by atoms with Gasteiger partial charge < -0.3 is 4.98 Å². The summed E-state index contributed by atoms with van der Waals surface area (Å²) in [4.78, 5) is 16.6. The van der Waals surface area contributed by atoms with Gasteiger partial charge in [0.15, 0.2) is 0 Å². The van der Waals surface area contributed by atoms with Gasteiger partial charge in [-0.15, -0.1) is 11.3 Å². The van der Waals surface area contributed by atoms with E-state index in [1.807, 2.05) is 72.1 Å². The molecule has 1 aromatic heterocycles. The van der Waals surface area contributed by atoms with Gasteiger partial charge in [-0.25, -0.2) is 0 Å². The normalized spacial score (nSPS) is 11.4. The lowest BCUT2D eigenvalue weighted by molar-refractivity contribution is 0.859. The highest BCUT2D eigenvalue weighted by Crippen LogP contribution is 2.36. The van der Waals surface area contributed by atoms with Crippen molar-refractivity contribution in [2.75, 3.05) is 0 Å². The molecule has 2 aliphatic heterocycles. The molecular formula is C20H13N3OS. The fraction of sp³-hybridized carbons (Fsp3) is 0. The molecule has 0 amide bonds. The number of nitrogens with one attached hydrogen (secondary N) is 1. The molecule has 2 aromatic carbocycles. The molecule has 0 spiro atoms. The van der Waals surface area contributed by atoms with Gasteiger partial charge in [-0.05, 0) is 29.1 Å². The van der Waals surface area contributed by atoms with E-state index in [-0.39, 0.29) is 5.56 Å². The van der Waals surface area contributed by atoms with Gasteiger partial charge in [-0.1, -0.05) is 48.5 Å².